The van der Waals surface area contributed by atoms with E-state index in [1.807, 2.05) is 6.07 Å². The van der Waals surface area contributed by atoms with Gasteiger partial charge in [0, 0.05) is 18.7 Å². The van der Waals surface area contributed by atoms with Gasteiger partial charge in [0.2, 0.25) is 0 Å². The van der Waals surface area contributed by atoms with Gasteiger partial charge in [-0.05, 0) is 30.3 Å². The number of nitriles is 1. The summed E-state index contributed by atoms with van der Waals surface area (Å²) in [5.74, 6) is -0.197. The number of rotatable bonds is 6. The molecule has 118 valence electrons. The maximum Gasteiger partial charge on any atom is 0.251 e. The topological polar surface area (TPSA) is 74.2 Å². The zero-order valence-electron chi connectivity index (χ0n) is 12.6. The summed E-state index contributed by atoms with van der Waals surface area (Å²) >= 11 is 0. The predicted octanol–water partition coefficient (Wildman–Crippen LogP) is 2.55. The van der Waals surface area contributed by atoms with E-state index < -0.39 is 5.82 Å². The zero-order valence-corrected chi connectivity index (χ0v) is 12.6. The number of hydrogen-bond acceptors (Lipinski definition) is 4. The van der Waals surface area contributed by atoms with Crippen molar-refractivity contribution >= 4 is 11.6 Å². The van der Waals surface area contributed by atoms with E-state index in [-0.39, 0.29) is 11.5 Å². The SMILES string of the molecule is COc1cccc(C(=O)NCCNc2cccc(F)c2C#N)c1. The van der Waals surface area contributed by atoms with E-state index in [0.29, 0.717) is 30.1 Å². The minimum atomic E-state index is -0.571. The van der Waals surface area contributed by atoms with E-state index in [1.165, 1.54) is 19.2 Å². The van der Waals surface area contributed by atoms with Gasteiger partial charge in [-0.15, -0.1) is 0 Å². The summed E-state index contributed by atoms with van der Waals surface area (Å²) in [6.45, 7) is 0.700. The standard InChI is InChI=1S/C17H16FN3O2/c1-23-13-5-2-4-12(10-13)17(22)21-9-8-20-16-7-3-6-15(18)14(16)11-19/h2-7,10,20H,8-9H2,1H3,(H,21,22). The van der Waals surface area contributed by atoms with E-state index in [0.717, 1.165) is 0 Å². The molecule has 0 atom stereocenters. The molecule has 0 spiro atoms. The van der Waals surface area contributed by atoms with Crippen LogP contribution in [-0.2, 0) is 0 Å². The average Bonchev–Trinajstić information content (AvgIpc) is 2.58. The van der Waals surface area contributed by atoms with Gasteiger partial charge in [0.1, 0.15) is 23.2 Å². The molecule has 0 bridgehead atoms. The molecular formula is C17H16FN3O2. The molecule has 23 heavy (non-hydrogen) atoms. The normalized spacial score (nSPS) is 9.78. The molecule has 5 nitrogen and oxygen atoms in total. The van der Waals surface area contributed by atoms with Crippen LogP contribution in [0.3, 0.4) is 0 Å². The van der Waals surface area contributed by atoms with Crippen molar-refractivity contribution in [2.24, 2.45) is 0 Å². The van der Waals surface area contributed by atoms with Crippen LogP contribution in [-0.4, -0.2) is 26.1 Å². The molecule has 2 aromatic rings. The number of methoxy groups -OCH3 is 1. The number of benzene rings is 2. The van der Waals surface area contributed by atoms with Crippen molar-refractivity contribution in [1.29, 1.82) is 5.26 Å². The van der Waals surface area contributed by atoms with Crippen LogP contribution in [0.15, 0.2) is 42.5 Å². The Hall–Kier alpha value is -3.07. The quantitative estimate of drug-likeness (QED) is 0.804. The monoisotopic (exact) mass is 313 g/mol. The summed E-state index contributed by atoms with van der Waals surface area (Å²) in [5, 5.41) is 14.6. The number of ether oxygens (including phenoxy) is 1. The van der Waals surface area contributed by atoms with Gasteiger partial charge in [0.25, 0.3) is 5.91 Å². The van der Waals surface area contributed by atoms with Crippen LogP contribution in [0, 0.1) is 17.1 Å². The second-order valence-electron chi connectivity index (χ2n) is 4.69. The first-order valence-electron chi connectivity index (χ1n) is 7.00. The lowest BCUT2D eigenvalue weighted by Gasteiger charge is -2.10. The maximum atomic E-state index is 13.4. The second-order valence-corrected chi connectivity index (χ2v) is 4.69. The van der Waals surface area contributed by atoms with Gasteiger partial charge in [-0.25, -0.2) is 4.39 Å². The lowest BCUT2D eigenvalue weighted by Crippen LogP contribution is -2.28. The fourth-order valence-electron chi connectivity index (χ4n) is 2.02. The van der Waals surface area contributed by atoms with Gasteiger partial charge in [0.15, 0.2) is 0 Å². The summed E-state index contributed by atoms with van der Waals surface area (Å²) in [5.41, 5.74) is 0.863. The summed E-state index contributed by atoms with van der Waals surface area (Å²) in [6, 6.07) is 13.0. The van der Waals surface area contributed by atoms with Crippen LogP contribution in [0.2, 0.25) is 0 Å². The second kappa shape index (κ2) is 7.80. The van der Waals surface area contributed by atoms with E-state index in [4.69, 9.17) is 10.00 Å². The number of halogens is 1. The smallest absolute Gasteiger partial charge is 0.251 e. The molecular weight excluding hydrogens is 297 g/mol. The van der Waals surface area contributed by atoms with Crippen LogP contribution >= 0.6 is 0 Å². The molecule has 0 aliphatic rings. The fourth-order valence-corrected chi connectivity index (χ4v) is 2.02. The number of hydrogen-bond donors (Lipinski definition) is 2. The molecule has 0 radical (unpaired) electrons. The van der Waals surface area contributed by atoms with Gasteiger partial charge in [-0.3, -0.25) is 4.79 Å². The van der Waals surface area contributed by atoms with Crippen LogP contribution in [0.5, 0.6) is 5.75 Å². The largest absolute Gasteiger partial charge is 0.497 e. The summed E-state index contributed by atoms with van der Waals surface area (Å²) in [4.78, 5) is 12.0. The Morgan fingerprint density at radius 2 is 2.04 bits per heavy atom. The van der Waals surface area contributed by atoms with Crippen molar-refractivity contribution in [3.63, 3.8) is 0 Å². The van der Waals surface area contributed by atoms with Crippen molar-refractivity contribution in [1.82, 2.24) is 5.32 Å². The molecule has 0 saturated carbocycles. The summed E-state index contributed by atoms with van der Waals surface area (Å²) in [6.07, 6.45) is 0. The van der Waals surface area contributed by atoms with E-state index >= 15 is 0 Å². The first-order chi connectivity index (χ1) is 11.2. The Kier molecular flexibility index (Phi) is 5.53. The number of carbonyl (C=O) groups is 1. The Bertz CT molecular complexity index is 741. The molecule has 0 aliphatic heterocycles. The fraction of sp³-hybridized carbons (Fsp3) is 0.176. The molecule has 0 aromatic heterocycles. The molecule has 2 aromatic carbocycles. The van der Waals surface area contributed by atoms with Gasteiger partial charge in [-0.1, -0.05) is 12.1 Å². The van der Waals surface area contributed by atoms with Crippen molar-refractivity contribution in [3.05, 3.63) is 59.4 Å². The van der Waals surface area contributed by atoms with Gasteiger partial charge in [-0.2, -0.15) is 5.26 Å². The summed E-state index contributed by atoms with van der Waals surface area (Å²) < 4.78 is 18.5. The van der Waals surface area contributed by atoms with Crippen LogP contribution in [0.4, 0.5) is 10.1 Å². The molecule has 0 heterocycles. The highest BCUT2D eigenvalue weighted by atomic mass is 19.1. The molecule has 0 aliphatic carbocycles. The first-order valence-corrected chi connectivity index (χ1v) is 7.00. The van der Waals surface area contributed by atoms with E-state index in [2.05, 4.69) is 10.6 Å². The lowest BCUT2D eigenvalue weighted by atomic mass is 10.2. The Morgan fingerprint density at radius 1 is 1.26 bits per heavy atom. The van der Waals surface area contributed by atoms with Gasteiger partial charge < -0.3 is 15.4 Å². The van der Waals surface area contributed by atoms with Crippen LogP contribution < -0.4 is 15.4 Å². The number of nitrogens with one attached hydrogen (secondary N) is 2. The number of amides is 1. The van der Waals surface area contributed by atoms with E-state index in [1.54, 1.807) is 30.3 Å². The van der Waals surface area contributed by atoms with Crippen molar-refractivity contribution in [2.45, 2.75) is 0 Å². The van der Waals surface area contributed by atoms with Gasteiger partial charge >= 0.3 is 0 Å². The zero-order chi connectivity index (χ0) is 16.7. The third kappa shape index (κ3) is 4.20. The number of anilines is 1. The summed E-state index contributed by atoms with van der Waals surface area (Å²) in [7, 11) is 1.53. The molecule has 0 saturated heterocycles. The van der Waals surface area contributed by atoms with Crippen molar-refractivity contribution in [2.75, 3.05) is 25.5 Å². The highest BCUT2D eigenvalue weighted by Crippen LogP contribution is 2.17. The lowest BCUT2D eigenvalue weighted by molar-refractivity contribution is 0.0955. The Labute approximate surface area is 133 Å². The molecule has 0 fully saturated rings. The predicted molar refractivity (Wildman–Crippen MR) is 84.9 cm³/mol. The first kappa shape index (κ1) is 16.3. The highest BCUT2D eigenvalue weighted by molar-refractivity contribution is 5.94. The Balaban J connectivity index is 1.87. The molecule has 2 rings (SSSR count). The molecule has 0 unspecified atom stereocenters. The third-order valence-electron chi connectivity index (χ3n) is 3.18. The van der Waals surface area contributed by atoms with Crippen molar-refractivity contribution in [3.8, 4) is 11.8 Å². The van der Waals surface area contributed by atoms with E-state index in [9.17, 15) is 9.18 Å². The van der Waals surface area contributed by atoms with Crippen molar-refractivity contribution < 1.29 is 13.9 Å². The molecule has 1 amide bonds. The molecule has 6 heteroatoms. The number of nitrogens with zero attached hydrogens (tertiary/aromatic N) is 1. The van der Waals surface area contributed by atoms with Crippen LogP contribution in [0.1, 0.15) is 15.9 Å². The minimum Gasteiger partial charge on any atom is -0.497 e. The maximum absolute atomic E-state index is 13.4. The Morgan fingerprint density at radius 3 is 2.78 bits per heavy atom. The molecule has 2 N–H and O–H groups in total. The minimum absolute atomic E-state index is 0.0355. The third-order valence-corrected chi connectivity index (χ3v) is 3.18. The highest BCUT2D eigenvalue weighted by Gasteiger charge is 2.08. The van der Waals surface area contributed by atoms with Crippen LogP contribution in [0.25, 0.3) is 0 Å². The average molecular weight is 313 g/mol. The number of carbonyl (C=O) groups excluding carboxylic acids is 1. The van der Waals surface area contributed by atoms with Gasteiger partial charge in [0.05, 0.1) is 12.8 Å².